The summed E-state index contributed by atoms with van der Waals surface area (Å²) in [6.45, 7) is 10.7. The lowest BCUT2D eigenvalue weighted by atomic mass is 10.1. The molecule has 3 aromatic heterocycles. The first-order valence-corrected chi connectivity index (χ1v) is 12.5. The average molecular weight is 511 g/mol. The van der Waals surface area contributed by atoms with E-state index in [2.05, 4.69) is 43.9 Å². The molecule has 4 aromatic rings. The van der Waals surface area contributed by atoms with Gasteiger partial charge in [0.1, 0.15) is 11.5 Å². The fourth-order valence-electron chi connectivity index (χ4n) is 4.44. The molecular weight excluding hydrogens is 480 g/mol. The fourth-order valence-corrected chi connectivity index (χ4v) is 4.44. The Morgan fingerprint density at radius 1 is 1.11 bits per heavy atom. The molecule has 1 fully saturated rings. The van der Waals surface area contributed by atoms with Crippen molar-refractivity contribution < 1.29 is 9.53 Å². The van der Waals surface area contributed by atoms with Gasteiger partial charge in [0, 0.05) is 55.2 Å². The van der Waals surface area contributed by atoms with Crippen LogP contribution in [0.3, 0.4) is 0 Å². The highest BCUT2D eigenvalue weighted by Crippen LogP contribution is 2.31. The van der Waals surface area contributed by atoms with Crippen molar-refractivity contribution in [1.29, 1.82) is 0 Å². The molecule has 10 nitrogen and oxygen atoms in total. The summed E-state index contributed by atoms with van der Waals surface area (Å²) in [6, 6.07) is 13.3. The number of aromatic nitrogens is 4. The van der Waals surface area contributed by atoms with E-state index in [0.29, 0.717) is 28.9 Å². The monoisotopic (exact) mass is 510 g/mol. The lowest BCUT2D eigenvalue weighted by Crippen LogP contribution is -2.46. The number of para-hydroxylation sites is 1. The third kappa shape index (κ3) is 5.40. The second kappa shape index (κ2) is 11.2. The highest BCUT2D eigenvalue weighted by molar-refractivity contribution is 5.99. The lowest BCUT2D eigenvalue weighted by molar-refractivity contribution is -0.111. The van der Waals surface area contributed by atoms with Crippen LogP contribution in [0.15, 0.2) is 67.5 Å². The van der Waals surface area contributed by atoms with E-state index in [1.165, 1.54) is 6.08 Å². The maximum Gasteiger partial charge on any atom is 0.247 e. The van der Waals surface area contributed by atoms with E-state index in [4.69, 9.17) is 14.7 Å². The van der Waals surface area contributed by atoms with Crippen LogP contribution in [0.2, 0.25) is 0 Å². The number of nitrogens with zero attached hydrogens (tertiary/aromatic N) is 6. The van der Waals surface area contributed by atoms with Gasteiger partial charge in [0.05, 0.1) is 18.3 Å². The number of piperazine rings is 1. The molecule has 38 heavy (non-hydrogen) atoms. The number of amides is 1. The highest BCUT2D eigenvalue weighted by Gasteiger charge is 2.19. The molecule has 1 aromatic carbocycles. The number of anilines is 4. The SMILES string of the molecule is C=CC(=O)Nc1ccnc(-c2cccc3cnc(Nc4ccc(N5CCN(CC)CC5)nc4OC)nc23)c1. The number of ether oxygens (including phenoxy) is 1. The molecular formula is C28H30N8O2. The van der Waals surface area contributed by atoms with Gasteiger partial charge in [0.25, 0.3) is 0 Å². The molecule has 4 heterocycles. The van der Waals surface area contributed by atoms with E-state index in [1.54, 1.807) is 31.6 Å². The summed E-state index contributed by atoms with van der Waals surface area (Å²) in [6.07, 6.45) is 4.64. The van der Waals surface area contributed by atoms with Gasteiger partial charge in [-0.05, 0) is 36.9 Å². The van der Waals surface area contributed by atoms with E-state index < -0.39 is 0 Å². The van der Waals surface area contributed by atoms with Crippen LogP contribution in [0, 0.1) is 0 Å². The van der Waals surface area contributed by atoms with Crippen molar-refractivity contribution in [3.05, 3.63) is 67.5 Å². The number of hydrogen-bond acceptors (Lipinski definition) is 9. The fraction of sp³-hybridized carbons (Fsp3) is 0.250. The van der Waals surface area contributed by atoms with Crippen molar-refractivity contribution in [1.82, 2.24) is 24.8 Å². The number of likely N-dealkylation sites (N-methyl/N-ethyl adjacent to an activating group) is 1. The minimum absolute atomic E-state index is 0.286. The second-order valence-corrected chi connectivity index (χ2v) is 8.83. The number of pyridine rings is 2. The van der Waals surface area contributed by atoms with Gasteiger partial charge < -0.3 is 25.2 Å². The van der Waals surface area contributed by atoms with Crippen LogP contribution in [0.25, 0.3) is 22.2 Å². The predicted molar refractivity (Wildman–Crippen MR) is 150 cm³/mol. The molecule has 2 N–H and O–H groups in total. The quantitative estimate of drug-likeness (QED) is 0.339. The summed E-state index contributed by atoms with van der Waals surface area (Å²) in [7, 11) is 1.61. The van der Waals surface area contributed by atoms with E-state index in [1.807, 2.05) is 30.3 Å². The van der Waals surface area contributed by atoms with Crippen molar-refractivity contribution in [3.63, 3.8) is 0 Å². The standard InChI is InChI=1S/C28H30N8O2/c1-4-25(37)31-20-11-12-29-23(17-20)21-8-6-7-19-18-30-28(34-26(19)21)32-22-9-10-24(33-27(22)38-3)36-15-13-35(5-2)14-16-36/h4,6-12,17-18H,1,5,13-16H2,2-3H3,(H,29,31,37)(H,30,32,34). The third-order valence-electron chi connectivity index (χ3n) is 6.53. The van der Waals surface area contributed by atoms with Gasteiger partial charge >= 0.3 is 0 Å². The Balaban J connectivity index is 1.42. The van der Waals surface area contributed by atoms with Crippen LogP contribution >= 0.6 is 0 Å². The van der Waals surface area contributed by atoms with Crippen LogP contribution in [0.5, 0.6) is 5.88 Å². The molecule has 0 spiro atoms. The minimum Gasteiger partial charge on any atom is -0.479 e. The molecule has 1 amide bonds. The summed E-state index contributed by atoms with van der Waals surface area (Å²) in [5, 5.41) is 6.89. The molecule has 0 atom stereocenters. The minimum atomic E-state index is -0.286. The van der Waals surface area contributed by atoms with Gasteiger partial charge in [0.15, 0.2) is 0 Å². The first-order valence-electron chi connectivity index (χ1n) is 12.5. The predicted octanol–water partition coefficient (Wildman–Crippen LogP) is 4.11. The van der Waals surface area contributed by atoms with Crippen molar-refractivity contribution in [2.75, 3.05) is 55.4 Å². The van der Waals surface area contributed by atoms with Crippen LogP contribution in [0.1, 0.15) is 6.92 Å². The van der Waals surface area contributed by atoms with E-state index in [-0.39, 0.29) is 5.91 Å². The van der Waals surface area contributed by atoms with Crippen molar-refractivity contribution in [2.45, 2.75) is 6.92 Å². The zero-order chi connectivity index (χ0) is 26.5. The second-order valence-electron chi connectivity index (χ2n) is 8.83. The molecule has 1 saturated heterocycles. The van der Waals surface area contributed by atoms with Gasteiger partial charge in [-0.25, -0.2) is 9.97 Å². The highest BCUT2D eigenvalue weighted by atomic mass is 16.5. The molecule has 1 aliphatic rings. The topological polar surface area (TPSA) is 108 Å². The Labute approximate surface area is 221 Å². The van der Waals surface area contributed by atoms with Gasteiger partial charge in [-0.15, -0.1) is 0 Å². The van der Waals surface area contributed by atoms with E-state index >= 15 is 0 Å². The molecule has 194 valence electrons. The van der Waals surface area contributed by atoms with Crippen molar-refractivity contribution in [3.8, 4) is 17.1 Å². The Morgan fingerprint density at radius 3 is 2.71 bits per heavy atom. The number of benzene rings is 1. The van der Waals surface area contributed by atoms with Crippen molar-refractivity contribution >= 4 is 40.0 Å². The zero-order valence-corrected chi connectivity index (χ0v) is 21.5. The summed E-state index contributed by atoms with van der Waals surface area (Å²) < 4.78 is 5.61. The molecule has 1 aliphatic heterocycles. The van der Waals surface area contributed by atoms with Gasteiger partial charge in [-0.2, -0.15) is 4.98 Å². The molecule has 0 radical (unpaired) electrons. The Bertz CT molecular complexity index is 1470. The number of carbonyl (C=O) groups excluding carboxylic acids is 1. The molecule has 10 heteroatoms. The molecule has 0 bridgehead atoms. The normalized spacial score (nSPS) is 13.8. The van der Waals surface area contributed by atoms with Crippen LogP contribution < -0.4 is 20.3 Å². The van der Waals surface area contributed by atoms with E-state index in [9.17, 15) is 4.79 Å². The molecule has 0 saturated carbocycles. The lowest BCUT2D eigenvalue weighted by Gasteiger charge is -2.34. The largest absolute Gasteiger partial charge is 0.479 e. The van der Waals surface area contributed by atoms with Gasteiger partial charge in [0.2, 0.25) is 17.7 Å². The first-order chi connectivity index (χ1) is 18.6. The van der Waals surface area contributed by atoms with Crippen LogP contribution in [0.4, 0.5) is 23.1 Å². The summed E-state index contributed by atoms with van der Waals surface area (Å²) in [5.74, 6) is 1.49. The van der Waals surface area contributed by atoms with Gasteiger partial charge in [-0.1, -0.05) is 31.7 Å². The smallest absolute Gasteiger partial charge is 0.247 e. The Hall–Kier alpha value is -4.57. The molecule has 0 aliphatic carbocycles. The van der Waals surface area contributed by atoms with Gasteiger partial charge in [-0.3, -0.25) is 9.78 Å². The average Bonchev–Trinajstić information content (AvgIpc) is 2.97. The van der Waals surface area contributed by atoms with Crippen LogP contribution in [-0.2, 0) is 4.79 Å². The van der Waals surface area contributed by atoms with Crippen LogP contribution in [-0.4, -0.2) is 70.6 Å². The zero-order valence-electron chi connectivity index (χ0n) is 21.5. The number of hydrogen-bond donors (Lipinski definition) is 2. The number of fused-ring (bicyclic) bond motifs is 1. The summed E-state index contributed by atoms with van der Waals surface area (Å²) in [5.41, 5.74) is 3.51. The third-order valence-corrected chi connectivity index (χ3v) is 6.53. The maximum absolute atomic E-state index is 11.8. The molecule has 5 rings (SSSR count). The number of nitrogens with one attached hydrogen (secondary N) is 2. The summed E-state index contributed by atoms with van der Waals surface area (Å²) >= 11 is 0. The Morgan fingerprint density at radius 2 is 1.95 bits per heavy atom. The Kier molecular flexibility index (Phi) is 7.41. The number of rotatable bonds is 8. The molecule has 0 unspecified atom stereocenters. The summed E-state index contributed by atoms with van der Waals surface area (Å²) in [4.78, 5) is 35.0. The first kappa shape index (κ1) is 25.1. The number of methoxy groups -OCH3 is 1. The number of carbonyl (C=O) groups is 1. The van der Waals surface area contributed by atoms with Crippen molar-refractivity contribution in [2.24, 2.45) is 0 Å². The van der Waals surface area contributed by atoms with E-state index in [0.717, 1.165) is 55.0 Å². The maximum atomic E-state index is 11.8.